The van der Waals surface area contributed by atoms with E-state index in [2.05, 4.69) is 15.9 Å². The van der Waals surface area contributed by atoms with Crippen molar-refractivity contribution in [2.75, 3.05) is 32.7 Å². The Morgan fingerprint density at radius 3 is 2.62 bits per heavy atom. The predicted molar refractivity (Wildman–Crippen MR) is 80.5 cm³/mol. The third-order valence-electron chi connectivity index (χ3n) is 2.66. The van der Waals surface area contributed by atoms with Gasteiger partial charge in [0.2, 0.25) is 0 Å². The van der Waals surface area contributed by atoms with Gasteiger partial charge in [0.25, 0.3) is 0 Å². The molecule has 118 valence electrons. The van der Waals surface area contributed by atoms with E-state index < -0.39 is 15.8 Å². The Bertz CT molecular complexity index is 584. The molecule has 0 fully saturated rings. The van der Waals surface area contributed by atoms with Gasteiger partial charge in [0, 0.05) is 18.2 Å². The molecule has 6 nitrogen and oxygen atoms in total. The van der Waals surface area contributed by atoms with Crippen molar-refractivity contribution < 1.29 is 27.8 Å². The Labute approximate surface area is 132 Å². The van der Waals surface area contributed by atoms with Gasteiger partial charge in [0.1, 0.15) is 0 Å². The number of hydrogen-bond acceptors (Lipinski definition) is 5. The first kappa shape index (κ1) is 18.1. The normalized spacial score (nSPS) is 11.5. The van der Waals surface area contributed by atoms with Crippen molar-refractivity contribution in [3.63, 3.8) is 0 Å². The van der Waals surface area contributed by atoms with Gasteiger partial charge in [-0.25, -0.2) is 13.2 Å². The molecular formula is C13H17BrO6S. The number of hydrogen-bond donors (Lipinski definition) is 1. The molecule has 0 heterocycles. The number of rotatable bonds is 9. The molecule has 0 aliphatic carbocycles. The summed E-state index contributed by atoms with van der Waals surface area (Å²) in [5.41, 5.74) is -0.0765. The molecule has 0 saturated carbocycles. The Balaban J connectivity index is 2.66. The van der Waals surface area contributed by atoms with E-state index >= 15 is 0 Å². The van der Waals surface area contributed by atoms with E-state index in [4.69, 9.17) is 14.6 Å². The SMILES string of the molecule is COCCOCCCS(=O)(=O)c1ccc(Br)c(C(=O)O)c1. The number of methoxy groups -OCH3 is 1. The van der Waals surface area contributed by atoms with Crippen LogP contribution >= 0.6 is 15.9 Å². The highest BCUT2D eigenvalue weighted by molar-refractivity contribution is 9.10. The van der Waals surface area contributed by atoms with Gasteiger partial charge in [-0.2, -0.15) is 0 Å². The van der Waals surface area contributed by atoms with Gasteiger partial charge in [-0.1, -0.05) is 0 Å². The Kier molecular flexibility index (Phi) is 7.30. The summed E-state index contributed by atoms with van der Waals surface area (Å²) in [5.74, 6) is -1.28. The van der Waals surface area contributed by atoms with E-state index in [1.54, 1.807) is 7.11 Å². The zero-order valence-corrected chi connectivity index (χ0v) is 13.9. The molecular weight excluding hydrogens is 364 g/mol. The number of carboxylic acid groups (broad SMARTS) is 1. The first-order valence-electron chi connectivity index (χ1n) is 6.21. The van der Waals surface area contributed by atoms with Crippen molar-refractivity contribution in [1.29, 1.82) is 0 Å². The lowest BCUT2D eigenvalue weighted by Crippen LogP contribution is -2.12. The molecule has 1 rings (SSSR count). The molecule has 1 N–H and O–H groups in total. The third-order valence-corrected chi connectivity index (χ3v) is 5.15. The highest BCUT2D eigenvalue weighted by Crippen LogP contribution is 2.22. The van der Waals surface area contributed by atoms with Crippen LogP contribution in [-0.2, 0) is 19.3 Å². The highest BCUT2D eigenvalue weighted by Gasteiger charge is 2.18. The van der Waals surface area contributed by atoms with Crippen molar-refractivity contribution >= 4 is 31.7 Å². The fourth-order valence-corrected chi connectivity index (χ4v) is 3.30. The largest absolute Gasteiger partial charge is 0.478 e. The quantitative estimate of drug-likeness (QED) is 0.658. The van der Waals surface area contributed by atoms with Crippen LogP contribution in [0, 0.1) is 0 Å². The molecule has 21 heavy (non-hydrogen) atoms. The average molecular weight is 381 g/mol. The summed E-state index contributed by atoms with van der Waals surface area (Å²) in [4.78, 5) is 11.0. The van der Waals surface area contributed by atoms with Gasteiger partial charge in [-0.15, -0.1) is 0 Å². The topological polar surface area (TPSA) is 89.9 Å². The lowest BCUT2D eigenvalue weighted by atomic mass is 10.2. The maximum absolute atomic E-state index is 12.1. The number of aromatic carboxylic acids is 1. The highest BCUT2D eigenvalue weighted by atomic mass is 79.9. The second kappa shape index (κ2) is 8.47. The molecule has 0 saturated heterocycles. The van der Waals surface area contributed by atoms with Crippen LogP contribution < -0.4 is 0 Å². The van der Waals surface area contributed by atoms with E-state index in [1.165, 1.54) is 12.1 Å². The monoisotopic (exact) mass is 380 g/mol. The molecule has 0 radical (unpaired) electrons. The summed E-state index contributed by atoms with van der Waals surface area (Å²) in [6.45, 7) is 1.18. The van der Waals surface area contributed by atoms with Crippen molar-refractivity contribution in [3.05, 3.63) is 28.2 Å². The van der Waals surface area contributed by atoms with Crippen molar-refractivity contribution in [1.82, 2.24) is 0 Å². The molecule has 0 aliphatic rings. The minimum atomic E-state index is -3.52. The fraction of sp³-hybridized carbons (Fsp3) is 0.462. The second-order valence-corrected chi connectivity index (χ2v) is 7.19. The van der Waals surface area contributed by atoms with E-state index in [1.807, 2.05) is 0 Å². The summed E-state index contributed by atoms with van der Waals surface area (Å²) in [6.07, 6.45) is 0.338. The molecule has 1 aromatic rings. The first-order valence-corrected chi connectivity index (χ1v) is 8.65. The van der Waals surface area contributed by atoms with E-state index in [0.717, 1.165) is 6.07 Å². The predicted octanol–water partition coefficient (Wildman–Crippen LogP) is 1.97. The fourth-order valence-electron chi connectivity index (χ4n) is 1.57. The minimum absolute atomic E-state index is 0.00000785. The lowest BCUT2D eigenvalue weighted by molar-refractivity contribution is 0.0695. The second-order valence-electron chi connectivity index (χ2n) is 4.22. The van der Waals surface area contributed by atoms with Gasteiger partial charge < -0.3 is 14.6 Å². The molecule has 0 amide bonds. The van der Waals surface area contributed by atoms with Gasteiger partial charge in [0.05, 0.1) is 29.4 Å². The van der Waals surface area contributed by atoms with Crippen LogP contribution in [0.25, 0.3) is 0 Å². The molecule has 0 aromatic heterocycles. The molecule has 0 aliphatic heterocycles. The van der Waals surface area contributed by atoms with Gasteiger partial charge >= 0.3 is 5.97 Å². The van der Waals surface area contributed by atoms with Crippen LogP contribution in [0.1, 0.15) is 16.8 Å². The van der Waals surface area contributed by atoms with Gasteiger partial charge in [0.15, 0.2) is 9.84 Å². The van der Waals surface area contributed by atoms with Crippen LogP contribution in [0.4, 0.5) is 0 Å². The van der Waals surface area contributed by atoms with Crippen LogP contribution in [-0.4, -0.2) is 52.2 Å². The standard InChI is InChI=1S/C13H17BrO6S/c1-19-6-7-20-5-2-8-21(17,18)10-3-4-12(14)11(9-10)13(15)16/h3-4,9H,2,5-8H2,1H3,(H,15,16). The zero-order chi connectivity index (χ0) is 15.9. The van der Waals surface area contributed by atoms with Crippen LogP contribution in [0.5, 0.6) is 0 Å². The zero-order valence-electron chi connectivity index (χ0n) is 11.5. The van der Waals surface area contributed by atoms with E-state index in [0.29, 0.717) is 30.7 Å². The molecule has 0 spiro atoms. The van der Waals surface area contributed by atoms with Crippen molar-refractivity contribution in [2.45, 2.75) is 11.3 Å². The van der Waals surface area contributed by atoms with Crippen LogP contribution in [0.3, 0.4) is 0 Å². The molecule has 0 unspecified atom stereocenters. The summed E-state index contributed by atoms with van der Waals surface area (Å²) >= 11 is 3.08. The number of sulfone groups is 1. The van der Waals surface area contributed by atoms with Crippen LogP contribution in [0.15, 0.2) is 27.6 Å². The number of carboxylic acids is 1. The van der Waals surface area contributed by atoms with Crippen LogP contribution in [0.2, 0.25) is 0 Å². The van der Waals surface area contributed by atoms with Gasteiger partial charge in [-0.05, 0) is 40.5 Å². The molecule has 1 aromatic carbocycles. The summed E-state index contributed by atoms with van der Waals surface area (Å²) in [6, 6.07) is 3.97. The number of ether oxygens (including phenoxy) is 2. The summed E-state index contributed by atoms with van der Waals surface area (Å²) in [7, 11) is -1.96. The Morgan fingerprint density at radius 2 is 2.00 bits per heavy atom. The lowest BCUT2D eigenvalue weighted by Gasteiger charge is -2.07. The number of halogens is 1. The average Bonchev–Trinajstić information content (AvgIpc) is 2.42. The maximum Gasteiger partial charge on any atom is 0.336 e. The first-order chi connectivity index (χ1) is 9.88. The van der Waals surface area contributed by atoms with Gasteiger partial charge in [-0.3, -0.25) is 0 Å². The maximum atomic E-state index is 12.1. The van der Waals surface area contributed by atoms with Crippen molar-refractivity contribution in [3.8, 4) is 0 Å². The number of benzene rings is 1. The summed E-state index contributed by atoms with van der Waals surface area (Å²) in [5, 5.41) is 9.00. The minimum Gasteiger partial charge on any atom is -0.478 e. The van der Waals surface area contributed by atoms with E-state index in [-0.39, 0.29) is 16.2 Å². The van der Waals surface area contributed by atoms with E-state index in [9.17, 15) is 13.2 Å². The Hall–Kier alpha value is -0.960. The molecule has 0 atom stereocenters. The summed E-state index contributed by atoms with van der Waals surface area (Å²) < 4.78 is 34.6. The smallest absolute Gasteiger partial charge is 0.336 e. The van der Waals surface area contributed by atoms with Crippen molar-refractivity contribution in [2.24, 2.45) is 0 Å². The third kappa shape index (κ3) is 5.74. The molecule has 0 bridgehead atoms. The number of carbonyl (C=O) groups is 1. The molecule has 8 heteroatoms. The Morgan fingerprint density at radius 1 is 1.29 bits per heavy atom.